The van der Waals surface area contributed by atoms with Gasteiger partial charge in [-0.1, -0.05) is 48.0 Å². The van der Waals surface area contributed by atoms with Crippen molar-refractivity contribution in [3.8, 4) is 0 Å². The summed E-state index contributed by atoms with van der Waals surface area (Å²) in [5.41, 5.74) is 1.47. The summed E-state index contributed by atoms with van der Waals surface area (Å²) in [7, 11) is 0. The van der Waals surface area contributed by atoms with Crippen LogP contribution < -0.4 is 5.32 Å². The summed E-state index contributed by atoms with van der Waals surface area (Å²) in [6.07, 6.45) is -2.67. The maximum atomic E-state index is 13.9. The molecular formula is C28H26ClF3N4O2. The molecule has 1 amide bonds. The first kappa shape index (κ1) is 26.2. The van der Waals surface area contributed by atoms with Crippen molar-refractivity contribution in [2.24, 2.45) is 0 Å². The predicted molar refractivity (Wildman–Crippen MR) is 139 cm³/mol. The van der Waals surface area contributed by atoms with E-state index in [9.17, 15) is 18.0 Å². The fraction of sp³-hybridized carbons (Fsp3) is 0.286. The van der Waals surface area contributed by atoms with Crippen molar-refractivity contribution in [3.63, 3.8) is 0 Å². The number of aromatic nitrogens is 2. The van der Waals surface area contributed by atoms with E-state index in [-0.39, 0.29) is 18.0 Å². The molecule has 0 saturated carbocycles. The minimum atomic E-state index is -4.47. The summed E-state index contributed by atoms with van der Waals surface area (Å²) < 4.78 is 48.7. The molecule has 1 unspecified atom stereocenters. The van der Waals surface area contributed by atoms with E-state index in [0.29, 0.717) is 49.0 Å². The van der Waals surface area contributed by atoms with E-state index < -0.39 is 17.8 Å². The van der Waals surface area contributed by atoms with Crippen LogP contribution in [0.25, 0.3) is 10.9 Å². The number of benzene rings is 3. The molecule has 0 spiro atoms. The monoisotopic (exact) mass is 542 g/mol. The molecule has 4 aromatic rings. The van der Waals surface area contributed by atoms with Crippen LogP contribution in [-0.4, -0.2) is 46.9 Å². The van der Waals surface area contributed by atoms with Crippen LogP contribution in [0.2, 0.25) is 5.02 Å². The lowest BCUT2D eigenvalue weighted by molar-refractivity contribution is -0.139. The molecule has 5 rings (SSSR count). The summed E-state index contributed by atoms with van der Waals surface area (Å²) in [5, 5.41) is 8.88. The Morgan fingerprint density at radius 2 is 1.84 bits per heavy atom. The zero-order valence-corrected chi connectivity index (χ0v) is 21.2. The largest absolute Gasteiger partial charge is 0.416 e. The van der Waals surface area contributed by atoms with E-state index in [1.807, 2.05) is 17.0 Å². The molecule has 38 heavy (non-hydrogen) atoms. The highest BCUT2D eigenvalue weighted by Crippen LogP contribution is 2.37. The fourth-order valence-corrected chi connectivity index (χ4v) is 4.97. The second-order valence-electron chi connectivity index (χ2n) is 9.19. The van der Waals surface area contributed by atoms with Gasteiger partial charge in [-0.25, -0.2) is 0 Å². The quantitative estimate of drug-likeness (QED) is 0.325. The van der Waals surface area contributed by atoms with Crippen molar-refractivity contribution in [3.05, 3.63) is 100 Å². The number of hydrogen-bond donors (Lipinski definition) is 1. The van der Waals surface area contributed by atoms with Crippen LogP contribution >= 0.6 is 11.6 Å². The third-order valence-electron chi connectivity index (χ3n) is 6.63. The Kier molecular flexibility index (Phi) is 7.69. The van der Waals surface area contributed by atoms with Gasteiger partial charge in [0.1, 0.15) is 0 Å². The molecule has 1 atom stereocenters. The number of carbonyl (C=O) groups is 1. The molecule has 0 radical (unpaired) electrons. The second-order valence-corrected chi connectivity index (χ2v) is 9.62. The molecule has 6 nitrogen and oxygen atoms in total. The maximum Gasteiger partial charge on any atom is 0.416 e. The first-order valence-electron chi connectivity index (χ1n) is 12.3. The van der Waals surface area contributed by atoms with Gasteiger partial charge in [0.05, 0.1) is 36.9 Å². The van der Waals surface area contributed by atoms with Crippen LogP contribution in [0.4, 0.5) is 13.2 Å². The average Bonchev–Trinajstić information content (AvgIpc) is 3.32. The van der Waals surface area contributed by atoms with Crippen LogP contribution in [-0.2, 0) is 24.0 Å². The van der Waals surface area contributed by atoms with E-state index in [2.05, 4.69) is 10.4 Å². The van der Waals surface area contributed by atoms with Gasteiger partial charge in [0.2, 0.25) is 0 Å². The number of nitrogens with zero attached hydrogens (tertiary/aromatic N) is 3. The number of halogens is 4. The van der Waals surface area contributed by atoms with Gasteiger partial charge in [-0.2, -0.15) is 18.3 Å². The third kappa shape index (κ3) is 6.01. The Morgan fingerprint density at radius 3 is 2.61 bits per heavy atom. The number of hydrogen-bond acceptors (Lipinski definition) is 4. The molecule has 2 heterocycles. The van der Waals surface area contributed by atoms with E-state index in [1.165, 1.54) is 12.1 Å². The number of morpholine rings is 1. The van der Waals surface area contributed by atoms with E-state index in [4.69, 9.17) is 16.3 Å². The van der Waals surface area contributed by atoms with Gasteiger partial charge in [0.25, 0.3) is 5.91 Å². The van der Waals surface area contributed by atoms with Crippen molar-refractivity contribution >= 4 is 28.4 Å². The number of nitrogens with one attached hydrogen (secondary N) is 1. The van der Waals surface area contributed by atoms with Crippen LogP contribution in [0.5, 0.6) is 0 Å². The molecule has 1 aliphatic heterocycles. The van der Waals surface area contributed by atoms with Crippen molar-refractivity contribution in [1.29, 1.82) is 0 Å². The number of fused-ring (bicyclic) bond motifs is 1. The number of ether oxygens (including phenoxy) is 1. The van der Waals surface area contributed by atoms with Gasteiger partial charge < -0.3 is 10.1 Å². The van der Waals surface area contributed by atoms with Crippen LogP contribution in [0.1, 0.15) is 33.1 Å². The van der Waals surface area contributed by atoms with Crippen LogP contribution in [0, 0.1) is 0 Å². The first-order valence-corrected chi connectivity index (χ1v) is 12.6. The molecule has 0 bridgehead atoms. The smallest absolute Gasteiger partial charge is 0.379 e. The topological polar surface area (TPSA) is 59.4 Å². The van der Waals surface area contributed by atoms with Crippen molar-refractivity contribution < 1.29 is 22.7 Å². The lowest BCUT2D eigenvalue weighted by atomic mass is 9.98. The Hall–Kier alpha value is -3.40. The lowest BCUT2D eigenvalue weighted by Gasteiger charge is -2.35. The Morgan fingerprint density at radius 1 is 1.05 bits per heavy atom. The zero-order valence-electron chi connectivity index (χ0n) is 20.4. The summed E-state index contributed by atoms with van der Waals surface area (Å²) >= 11 is 6.01. The van der Waals surface area contributed by atoms with Crippen molar-refractivity contribution in [2.75, 3.05) is 26.3 Å². The average molecular weight is 543 g/mol. The number of rotatable bonds is 7. The van der Waals surface area contributed by atoms with Gasteiger partial charge in [0.15, 0.2) is 0 Å². The molecule has 1 saturated heterocycles. The molecular weight excluding hydrogens is 517 g/mol. The highest BCUT2D eigenvalue weighted by Gasteiger charge is 2.37. The normalized spacial score (nSPS) is 15.5. The number of carbonyl (C=O) groups excluding carboxylic acids is 1. The molecule has 1 aliphatic rings. The van der Waals surface area contributed by atoms with Crippen molar-refractivity contribution in [2.45, 2.75) is 25.3 Å². The minimum absolute atomic E-state index is 0.211. The summed E-state index contributed by atoms with van der Waals surface area (Å²) in [6.45, 7) is 2.51. The SMILES string of the molecule is O=C(NCc1cccc(Cl)c1)c1ccc2cn(CC(c3ccccc3C(F)(F)F)N3CCOCC3)nc2c1. The second kappa shape index (κ2) is 11.1. The lowest BCUT2D eigenvalue weighted by Crippen LogP contribution is -2.41. The standard InChI is InChI=1S/C28H26ClF3N4O2/c29-22-5-3-4-19(14-22)16-33-27(37)20-8-9-21-17-36(34-25(21)15-20)18-26(35-10-12-38-13-11-35)23-6-1-2-7-24(23)28(30,31)32/h1-9,14-15,17,26H,10-13,16,18H2,(H,33,37). The molecule has 0 aliphatic carbocycles. The molecule has 3 aromatic carbocycles. The summed E-state index contributed by atoms with van der Waals surface area (Å²) in [5.74, 6) is -0.258. The summed E-state index contributed by atoms with van der Waals surface area (Å²) in [4.78, 5) is 14.8. The van der Waals surface area contributed by atoms with Crippen LogP contribution in [0.15, 0.2) is 72.9 Å². The predicted octanol–water partition coefficient (Wildman–Crippen LogP) is 5.71. The van der Waals surface area contributed by atoms with E-state index in [1.54, 1.807) is 47.3 Å². The molecule has 1 N–H and O–H groups in total. The zero-order chi connectivity index (χ0) is 26.7. The Labute approximate surface area is 222 Å². The highest BCUT2D eigenvalue weighted by atomic mass is 35.5. The first-order chi connectivity index (χ1) is 18.3. The van der Waals surface area contributed by atoms with Gasteiger partial charge in [-0.15, -0.1) is 0 Å². The van der Waals surface area contributed by atoms with Gasteiger partial charge in [-0.05, 0) is 41.5 Å². The van der Waals surface area contributed by atoms with Gasteiger partial charge in [-0.3, -0.25) is 14.4 Å². The Balaban J connectivity index is 1.38. The maximum absolute atomic E-state index is 13.9. The fourth-order valence-electron chi connectivity index (χ4n) is 4.76. The highest BCUT2D eigenvalue weighted by molar-refractivity contribution is 6.30. The van der Waals surface area contributed by atoms with Gasteiger partial charge >= 0.3 is 6.18 Å². The van der Waals surface area contributed by atoms with E-state index >= 15 is 0 Å². The number of amides is 1. The molecule has 10 heteroatoms. The van der Waals surface area contributed by atoms with Gasteiger partial charge in [0, 0.05) is 41.8 Å². The molecule has 1 fully saturated rings. The number of alkyl halides is 3. The molecule has 1 aromatic heterocycles. The third-order valence-corrected chi connectivity index (χ3v) is 6.87. The van der Waals surface area contributed by atoms with Crippen molar-refractivity contribution in [1.82, 2.24) is 20.0 Å². The van der Waals surface area contributed by atoms with E-state index in [0.717, 1.165) is 17.0 Å². The molecule has 198 valence electrons. The Bertz CT molecular complexity index is 1430. The summed E-state index contributed by atoms with van der Waals surface area (Å²) in [6, 6.07) is 17.6. The minimum Gasteiger partial charge on any atom is -0.379 e. The van der Waals surface area contributed by atoms with Crippen LogP contribution in [0.3, 0.4) is 0 Å².